The van der Waals surface area contributed by atoms with Crippen molar-refractivity contribution >= 4 is 23.2 Å². The summed E-state index contributed by atoms with van der Waals surface area (Å²) >= 11 is 1.60. The Morgan fingerprint density at radius 2 is 1.86 bits per heavy atom. The summed E-state index contributed by atoms with van der Waals surface area (Å²) in [4.78, 5) is 28.4. The number of carbonyl (C=O) groups excluding carboxylic acids is 2. The van der Waals surface area contributed by atoms with Crippen molar-refractivity contribution in [1.29, 1.82) is 0 Å². The summed E-state index contributed by atoms with van der Waals surface area (Å²) in [5.74, 6) is 1.04. The van der Waals surface area contributed by atoms with Gasteiger partial charge in [-0.1, -0.05) is 12.1 Å². The maximum atomic E-state index is 13.0. The molecular formula is C23H28N2O3S. The van der Waals surface area contributed by atoms with E-state index >= 15 is 0 Å². The lowest BCUT2D eigenvalue weighted by atomic mass is 9.92. The predicted molar refractivity (Wildman–Crippen MR) is 114 cm³/mol. The Balaban J connectivity index is 1.28. The first-order valence-corrected chi connectivity index (χ1v) is 11.3. The first kappa shape index (κ1) is 20.0. The van der Waals surface area contributed by atoms with Crippen molar-refractivity contribution in [2.24, 2.45) is 5.92 Å². The molecule has 1 aromatic heterocycles. The van der Waals surface area contributed by atoms with Gasteiger partial charge in [-0.15, -0.1) is 11.3 Å². The highest BCUT2D eigenvalue weighted by atomic mass is 32.1. The number of rotatable bonds is 5. The maximum Gasteiger partial charge on any atom is 0.264 e. The van der Waals surface area contributed by atoms with Crippen LogP contribution in [0, 0.1) is 5.92 Å². The number of piperidine rings is 1. The van der Waals surface area contributed by atoms with Crippen LogP contribution in [0.25, 0.3) is 0 Å². The number of nitrogens with zero attached hydrogens (tertiary/aromatic N) is 1. The molecule has 2 aliphatic rings. The van der Waals surface area contributed by atoms with Gasteiger partial charge < -0.3 is 15.0 Å². The second-order valence-corrected chi connectivity index (χ2v) is 8.79. The van der Waals surface area contributed by atoms with Crippen LogP contribution in [0.1, 0.15) is 52.0 Å². The number of carbonyl (C=O) groups is 2. The topological polar surface area (TPSA) is 58.6 Å². The predicted octanol–water partition coefficient (Wildman–Crippen LogP) is 3.80. The third-order valence-corrected chi connectivity index (χ3v) is 7.14. The van der Waals surface area contributed by atoms with Crippen LogP contribution < -0.4 is 10.1 Å². The summed E-state index contributed by atoms with van der Waals surface area (Å²) in [6, 6.07) is 7.72. The van der Waals surface area contributed by atoms with Crippen molar-refractivity contribution in [2.75, 3.05) is 20.2 Å². The largest absolute Gasteiger partial charge is 0.497 e. The number of aryl methyl sites for hydroxylation is 1. The summed E-state index contributed by atoms with van der Waals surface area (Å²) in [7, 11) is 1.64. The minimum absolute atomic E-state index is 0.0189. The number of benzene rings is 1. The van der Waals surface area contributed by atoms with Crippen LogP contribution in [0.5, 0.6) is 5.75 Å². The SMILES string of the molecule is COc1ccc(CNC(=O)C2CCN(C(=O)c3scc4c3CCCC4)CC2)cc1. The van der Waals surface area contributed by atoms with Crippen molar-refractivity contribution in [3.63, 3.8) is 0 Å². The minimum atomic E-state index is -0.0189. The molecule has 2 heterocycles. The van der Waals surface area contributed by atoms with E-state index in [9.17, 15) is 9.59 Å². The molecule has 0 radical (unpaired) electrons. The molecule has 0 saturated carbocycles. The van der Waals surface area contributed by atoms with E-state index in [2.05, 4.69) is 10.7 Å². The molecule has 0 spiro atoms. The minimum Gasteiger partial charge on any atom is -0.497 e. The molecule has 1 aliphatic heterocycles. The lowest BCUT2D eigenvalue weighted by Gasteiger charge is -2.31. The fraction of sp³-hybridized carbons (Fsp3) is 0.478. The van der Waals surface area contributed by atoms with Gasteiger partial charge in [0.05, 0.1) is 12.0 Å². The molecule has 0 unspecified atom stereocenters. The van der Waals surface area contributed by atoms with Crippen LogP contribution in [0.15, 0.2) is 29.6 Å². The van der Waals surface area contributed by atoms with Gasteiger partial charge in [-0.3, -0.25) is 9.59 Å². The highest BCUT2D eigenvalue weighted by Gasteiger charge is 2.30. The fourth-order valence-electron chi connectivity index (χ4n) is 4.26. The van der Waals surface area contributed by atoms with Gasteiger partial charge in [0, 0.05) is 25.6 Å². The molecule has 2 aromatic rings. The smallest absolute Gasteiger partial charge is 0.264 e. The Labute approximate surface area is 176 Å². The van der Waals surface area contributed by atoms with Crippen LogP contribution in [0.4, 0.5) is 0 Å². The summed E-state index contributed by atoms with van der Waals surface area (Å²) in [5, 5.41) is 5.21. The Morgan fingerprint density at radius 1 is 1.14 bits per heavy atom. The highest BCUT2D eigenvalue weighted by molar-refractivity contribution is 7.12. The van der Waals surface area contributed by atoms with E-state index in [1.54, 1.807) is 18.4 Å². The van der Waals surface area contributed by atoms with Gasteiger partial charge in [0.15, 0.2) is 0 Å². The molecule has 0 bridgehead atoms. The van der Waals surface area contributed by atoms with Crippen LogP contribution in [0.3, 0.4) is 0 Å². The highest BCUT2D eigenvalue weighted by Crippen LogP contribution is 2.31. The molecular weight excluding hydrogens is 384 g/mol. The van der Waals surface area contributed by atoms with E-state index in [1.165, 1.54) is 24.0 Å². The number of likely N-dealkylation sites (tertiary alicyclic amines) is 1. The summed E-state index contributed by atoms with van der Waals surface area (Å²) in [5.41, 5.74) is 3.71. The molecule has 6 heteroatoms. The number of hydrogen-bond donors (Lipinski definition) is 1. The van der Waals surface area contributed by atoms with Crippen LogP contribution in [0.2, 0.25) is 0 Å². The fourth-order valence-corrected chi connectivity index (χ4v) is 5.39. The molecule has 0 atom stereocenters. The van der Waals surface area contributed by atoms with Crippen LogP contribution >= 0.6 is 11.3 Å². The first-order valence-electron chi connectivity index (χ1n) is 10.4. The zero-order valence-corrected chi connectivity index (χ0v) is 17.7. The Kier molecular flexibility index (Phi) is 6.19. The molecule has 1 N–H and O–H groups in total. The molecule has 29 heavy (non-hydrogen) atoms. The van der Waals surface area contributed by atoms with Crippen LogP contribution in [-0.4, -0.2) is 36.9 Å². The number of hydrogen-bond acceptors (Lipinski definition) is 4. The Hall–Kier alpha value is -2.34. The number of thiophene rings is 1. The van der Waals surface area contributed by atoms with Crippen molar-refractivity contribution < 1.29 is 14.3 Å². The number of ether oxygens (including phenoxy) is 1. The normalized spacial score (nSPS) is 16.9. The molecule has 1 saturated heterocycles. The van der Waals surface area contributed by atoms with Gasteiger partial charge in [-0.25, -0.2) is 0 Å². The van der Waals surface area contributed by atoms with Crippen molar-refractivity contribution in [3.05, 3.63) is 51.2 Å². The van der Waals surface area contributed by atoms with E-state index in [0.29, 0.717) is 19.6 Å². The average Bonchev–Trinajstić information content (AvgIpc) is 3.21. The maximum absolute atomic E-state index is 13.0. The summed E-state index contributed by atoms with van der Waals surface area (Å²) in [6.45, 7) is 1.83. The second kappa shape index (κ2) is 8.99. The molecule has 154 valence electrons. The van der Waals surface area contributed by atoms with E-state index in [-0.39, 0.29) is 17.7 Å². The third kappa shape index (κ3) is 4.47. The molecule has 2 amide bonds. The van der Waals surface area contributed by atoms with Gasteiger partial charge in [-0.05, 0) is 72.7 Å². The van der Waals surface area contributed by atoms with Crippen molar-refractivity contribution in [2.45, 2.75) is 45.1 Å². The molecule has 1 aliphatic carbocycles. The Morgan fingerprint density at radius 3 is 2.59 bits per heavy atom. The number of fused-ring (bicyclic) bond motifs is 1. The molecule has 5 nitrogen and oxygen atoms in total. The molecule has 4 rings (SSSR count). The van der Waals surface area contributed by atoms with Gasteiger partial charge in [0.1, 0.15) is 5.75 Å². The number of methoxy groups -OCH3 is 1. The lowest BCUT2D eigenvalue weighted by Crippen LogP contribution is -2.43. The van der Waals surface area contributed by atoms with E-state index in [0.717, 1.165) is 41.9 Å². The van der Waals surface area contributed by atoms with Gasteiger partial charge >= 0.3 is 0 Å². The van der Waals surface area contributed by atoms with Crippen LogP contribution in [-0.2, 0) is 24.2 Å². The van der Waals surface area contributed by atoms with Crippen molar-refractivity contribution in [1.82, 2.24) is 10.2 Å². The lowest BCUT2D eigenvalue weighted by molar-refractivity contribution is -0.126. The summed E-state index contributed by atoms with van der Waals surface area (Å²) < 4.78 is 5.16. The van der Waals surface area contributed by atoms with Crippen molar-refractivity contribution in [3.8, 4) is 5.75 Å². The van der Waals surface area contributed by atoms with E-state index < -0.39 is 0 Å². The zero-order chi connectivity index (χ0) is 20.2. The first-order chi connectivity index (χ1) is 14.2. The molecule has 1 fully saturated rings. The van der Waals surface area contributed by atoms with Gasteiger partial charge in [0.2, 0.25) is 5.91 Å². The second-order valence-electron chi connectivity index (χ2n) is 7.91. The summed E-state index contributed by atoms with van der Waals surface area (Å²) in [6.07, 6.45) is 6.01. The van der Waals surface area contributed by atoms with Gasteiger partial charge in [-0.2, -0.15) is 0 Å². The van der Waals surface area contributed by atoms with E-state index in [4.69, 9.17) is 4.74 Å². The standard InChI is InChI=1S/C23H28N2O3S/c1-28-19-8-6-16(7-9-19)14-24-22(26)17-10-12-25(13-11-17)23(27)21-20-5-3-2-4-18(20)15-29-21/h6-9,15,17H,2-5,10-14H2,1H3,(H,24,26). The molecule has 1 aromatic carbocycles. The Bertz CT molecular complexity index is 867. The average molecular weight is 413 g/mol. The zero-order valence-electron chi connectivity index (χ0n) is 16.9. The third-order valence-electron chi connectivity index (χ3n) is 6.08. The van der Waals surface area contributed by atoms with E-state index in [1.807, 2.05) is 29.2 Å². The number of amides is 2. The van der Waals surface area contributed by atoms with Gasteiger partial charge in [0.25, 0.3) is 5.91 Å². The monoisotopic (exact) mass is 412 g/mol. The number of nitrogens with one attached hydrogen (secondary N) is 1. The quantitative estimate of drug-likeness (QED) is 0.813.